The molecule has 2 heterocycles. The minimum Gasteiger partial charge on any atom is -0.323 e. The number of aromatic nitrogens is 4. The molecule has 0 amide bonds. The van der Waals surface area contributed by atoms with Crippen LogP contribution in [0.5, 0.6) is 0 Å². The quantitative estimate of drug-likeness (QED) is 0.574. The van der Waals surface area contributed by atoms with Crippen molar-refractivity contribution >= 4 is 0 Å². The Morgan fingerprint density at radius 3 is 2.17 bits per heavy atom. The number of nitrogens with zero attached hydrogens (tertiary/aromatic N) is 4. The standard InChI is InChI=1S/C19H14N4/c1-2-6-15(7-3-1)16-8-9-18(23-10-4-5-11-23)17(12-16)19-21-13-20-14-22-19/h1-14H. The minimum absolute atomic E-state index is 0.668. The van der Waals surface area contributed by atoms with Crippen molar-refractivity contribution in [3.63, 3.8) is 0 Å². The van der Waals surface area contributed by atoms with Crippen LogP contribution in [0.25, 0.3) is 28.2 Å². The average Bonchev–Trinajstić information content (AvgIpc) is 3.17. The van der Waals surface area contributed by atoms with Crippen molar-refractivity contribution in [2.75, 3.05) is 0 Å². The predicted octanol–water partition coefficient (Wildman–Crippen LogP) is 4.00. The van der Waals surface area contributed by atoms with Crippen molar-refractivity contribution in [1.82, 2.24) is 19.5 Å². The summed E-state index contributed by atoms with van der Waals surface area (Å²) in [6.07, 6.45) is 7.08. The third-order valence-electron chi connectivity index (χ3n) is 3.72. The molecule has 110 valence electrons. The fraction of sp³-hybridized carbons (Fsp3) is 0. The van der Waals surface area contributed by atoms with Gasteiger partial charge >= 0.3 is 0 Å². The fourth-order valence-electron chi connectivity index (χ4n) is 2.62. The van der Waals surface area contributed by atoms with E-state index in [2.05, 4.69) is 49.9 Å². The molecule has 0 fully saturated rings. The van der Waals surface area contributed by atoms with Gasteiger partial charge in [0.15, 0.2) is 5.82 Å². The molecule has 4 rings (SSSR count). The Morgan fingerprint density at radius 2 is 1.43 bits per heavy atom. The molecule has 0 bridgehead atoms. The summed E-state index contributed by atoms with van der Waals surface area (Å²) in [4.78, 5) is 12.6. The van der Waals surface area contributed by atoms with Crippen molar-refractivity contribution in [3.8, 4) is 28.2 Å². The maximum Gasteiger partial charge on any atom is 0.164 e. The molecule has 0 radical (unpaired) electrons. The Morgan fingerprint density at radius 1 is 0.696 bits per heavy atom. The van der Waals surface area contributed by atoms with Gasteiger partial charge in [-0.25, -0.2) is 15.0 Å². The minimum atomic E-state index is 0.668. The number of rotatable bonds is 3. The first-order valence-corrected chi connectivity index (χ1v) is 7.37. The second kappa shape index (κ2) is 5.85. The highest BCUT2D eigenvalue weighted by atomic mass is 15.0. The lowest BCUT2D eigenvalue weighted by molar-refractivity contribution is 1.03. The van der Waals surface area contributed by atoms with E-state index in [-0.39, 0.29) is 0 Å². The molecule has 2 aromatic carbocycles. The highest BCUT2D eigenvalue weighted by Gasteiger charge is 2.11. The first kappa shape index (κ1) is 13.4. The van der Waals surface area contributed by atoms with Gasteiger partial charge in [0.05, 0.1) is 5.69 Å². The van der Waals surface area contributed by atoms with Crippen LogP contribution in [-0.2, 0) is 0 Å². The fourth-order valence-corrected chi connectivity index (χ4v) is 2.62. The molecule has 0 atom stereocenters. The Kier molecular flexibility index (Phi) is 3.41. The van der Waals surface area contributed by atoms with Crippen molar-refractivity contribution < 1.29 is 0 Å². The second-order valence-corrected chi connectivity index (χ2v) is 5.15. The van der Waals surface area contributed by atoms with Gasteiger partial charge in [-0.15, -0.1) is 0 Å². The molecular weight excluding hydrogens is 284 g/mol. The summed E-state index contributed by atoms with van der Waals surface area (Å²) in [6.45, 7) is 0. The van der Waals surface area contributed by atoms with Crippen LogP contribution in [0.15, 0.2) is 85.7 Å². The molecule has 4 aromatic rings. The topological polar surface area (TPSA) is 43.6 Å². The van der Waals surface area contributed by atoms with E-state index in [1.807, 2.05) is 42.7 Å². The largest absolute Gasteiger partial charge is 0.323 e. The highest BCUT2D eigenvalue weighted by Crippen LogP contribution is 2.29. The molecule has 4 nitrogen and oxygen atoms in total. The van der Waals surface area contributed by atoms with E-state index in [9.17, 15) is 0 Å². The number of hydrogen-bond donors (Lipinski definition) is 0. The summed E-state index contributed by atoms with van der Waals surface area (Å²) in [6, 6.07) is 20.6. The van der Waals surface area contributed by atoms with Gasteiger partial charge in [-0.2, -0.15) is 0 Å². The summed E-state index contributed by atoms with van der Waals surface area (Å²) < 4.78 is 2.06. The maximum absolute atomic E-state index is 4.32. The van der Waals surface area contributed by atoms with E-state index in [0.717, 1.165) is 16.8 Å². The molecule has 0 aliphatic rings. The lowest BCUT2D eigenvalue weighted by Gasteiger charge is -2.12. The van der Waals surface area contributed by atoms with Crippen molar-refractivity contribution in [3.05, 3.63) is 85.7 Å². The van der Waals surface area contributed by atoms with Crippen LogP contribution in [-0.4, -0.2) is 19.5 Å². The van der Waals surface area contributed by atoms with E-state index in [0.29, 0.717) is 5.82 Å². The lowest BCUT2D eigenvalue weighted by atomic mass is 10.0. The molecular formula is C19H14N4. The highest BCUT2D eigenvalue weighted by molar-refractivity contribution is 5.76. The van der Waals surface area contributed by atoms with Crippen LogP contribution < -0.4 is 0 Å². The molecule has 0 saturated carbocycles. The van der Waals surface area contributed by atoms with Crippen LogP contribution in [0.1, 0.15) is 0 Å². The summed E-state index contributed by atoms with van der Waals surface area (Å²) in [5.74, 6) is 0.668. The van der Waals surface area contributed by atoms with Gasteiger partial charge in [0.1, 0.15) is 12.7 Å². The Labute approximate surface area is 134 Å². The Hall–Kier alpha value is -3.27. The molecule has 0 saturated heterocycles. The summed E-state index contributed by atoms with van der Waals surface area (Å²) >= 11 is 0. The van der Waals surface area contributed by atoms with E-state index in [4.69, 9.17) is 0 Å². The van der Waals surface area contributed by atoms with Gasteiger partial charge in [0, 0.05) is 18.0 Å². The van der Waals surface area contributed by atoms with Crippen molar-refractivity contribution in [1.29, 1.82) is 0 Å². The van der Waals surface area contributed by atoms with Gasteiger partial charge in [0.25, 0.3) is 0 Å². The van der Waals surface area contributed by atoms with Crippen LogP contribution in [0.3, 0.4) is 0 Å². The number of benzene rings is 2. The predicted molar refractivity (Wildman–Crippen MR) is 90.0 cm³/mol. The molecule has 0 aliphatic carbocycles. The van der Waals surface area contributed by atoms with Crippen LogP contribution in [0.2, 0.25) is 0 Å². The zero-order valence-corrected chi connectivity index (χ0v) is 12.4. The first-order valence-electron chi connectivity index (χ1n) is 7.37. The molecule has 0 spiro atoms. The normalized spacial score (nSPS) is 10.6. The van der Waals surface area contributed by atoms with Gasteiger partial charge < -0.3 is 4.57 Å². The SMILES string of the molecule is c1ccc(-c2ccc(-n3cccc3)c(-c3ncncn3)c2)cc1. The van der Waals surface area contributed by atoms with Crippen molar-refractivity contribution in [2.24, 2.45) is 0 Å². The smallest absolute Gasteiger partial charge is 0.164 e. The molecule has 0 N–H and O–H groups in total. The van der Waals surface area contributed by atoms with Crippen LogP contribution in [0, 0.1) is 0 Å². The average molecular weight is 298 g/mol. The Balaban J connectivity index is 1.92. The summed E-state index contributed by atoms with van der Waals surface area (Å²) in [5, 5.41) is 0. The van der Waals surface area contributed by atoms with E-state index < -0.39 is 0 Å². The van der Waals surface area contributed by atoms with Crippen LogP contribution in [0.4, 0.5) is 0 Å². The summed E-state index contributed by atoms with van der Waals surface area (Å²) in [5.41, 5.74) is 4.32. The molecule has 0 unspecified atom stereocenters. The Bertz CT molecular complexity index is 901. The number of hydrogen-bond acceptors (Lipinski definition) is 3. The molecule has 2 aromatic heterocycles. The van der Waals surface area contributed by atoms with Gasteiger partial charge in [-0.1, -0.05) is 36.4 Å². The molecule has 23 heavy (non-hydrogen) atoms. The lowest BCUT2D eigenvalue weighted by Crippen LogP contribution is -1.98. The van der Waals surface area contributed by atoms with Gasteiger partial charge in [-0.3, -0.25) is 0 Å². The monoisotopic (exact) mass is 298 g/mol. The van der Waals surface area contributed by atoms with E-state index in [1.165, 1.54) is 18.2 Å². The third kappa shape index (κ3) is 2.62. The zero-order valence-electron chi connectivity index (χ0n) is 12.4. The maximum atomic E-state index is 4.32. The molecule has 0 aliphatic heterocycles. The molecule has 4 heteroatoms. The van der Waals surface area contributed by atoms with Crippen molar-refractivity contribution in [2.45, 2.75) is 0 Å². The van der Waals surface area contributed by atoms with Gasteiger partial charge in [0.2, 0.25) is 0 Å². The zero-order chi connectivity index (χ0) is 15.5. The second-order valence-electron chi connectivity index (χ2n) is 5.15. The van der Waals surface area contributed by atoms with E-state index in [1.54, 1.807) is 0 Å². The van der Waals surface area contributed by atoms with Crippen LogP contribution >= 0.6 is 0 Å². The third-order valence-corrected chi connectivity index (χ3v) is 3.72. The first-order chi connectivity index (χ1) is 11.4. The van der Waals surface area contributed by atoms with E-state index >= 15 is 0 Å². The summed E-state index contributed by atoms with van der Waals surface area (Å²) in [7, 11) is 0. The van der Waals surface area contributed by atoms with Gasteiger partial charge in [-0.05, 0) is 35.4 Å².